The highest BCUT2D eigenvalue weighted by Crippen LogP contribution is 2.00. The van der Waals surface area contributed by atoms with Gasteiger partial charge in [0.15, 0.2) is 0 Å². The van der Waals surface area contributed by atoms with Crippen LogP contribution < -0.4 is 0 Å². The molecule has 9 heavy (non-hydrogen) atoms. The minimum atomic E-state index is 1.07. The molecule has 49 valence electrons. The maximum Gasteiger partial charge on any atom is 0.00772 e. The van der Waals surface area contributed by atoms with Crippen LogP contribution in [0.25, 0.3) is 0 Å². The van der Waals surface area contributed by atoms with E-state index in [9.17, 15) is 0 Å². The Bertz CT molecular complexity index is 138. The van der Waals surface area contributed by atoms with Gasteiger partial charge in [-0.2, -0.15) is 0 Å². The van der Waals surface area contributed by atoms with Crippen molar-refractivity contribution in [1.82, 2.24) is 0 Å². The summed E-state index contributed by atoms with van der Waals surface area (Å²) in [7, 11) is 0. The first kappa shape index (κ1) is 8.22. The van der Waals surface area contributed by atoms with Gasteiger partial charge in [-0.15, -0.1) is 0 Å². The number of rotatable bonds is 3. The Labute approximate surface area is 57.6 Å². The molecule has 0 nitrogen and oxygen atoms in total. The summed E-state index contributed by atoms with van der Waals surface area (Å²) in [5.74, 6) is 0. The lowest BCUT2D eigenvalue weighted by molar-refractivity contribution is 1.42. The van der Waals surface area contributed by atoms with Crippen molar-refractivity contribution in [2.75, 3.05) is 0 Å². The molecule has 0 saturated carbocycles. The molecule has 0 bridgehead atoms. The molecule has 0 aromatic heterocycles. The van der Waals surface area contributed by atoms with Crippen molar-refractivity contribution in [3.63, 3.8) is 0 Å². The van der Waals surface area contributed by atoms with Crippen LogP contribution in [0.2, 0.25) is 0 Å². The molecule has 0 unspecified atom stereocenters. The fourth-order valence-corrected chi connectivity index (χ4v) is 0.342. The van der Waals surface area contributed by atoms with Gasteiger partial charge in [0, 0.05) is 6.42 Å². The van der Waals surface area contributed by atoms with Gasteiger partial charge in [-0.1, -0.05) is 36.5 Å². The van der Waals surface area contributed by atoms with Gasteiger partial charge >= 0.3 is 0 Å². The van der Waals surface area contributed by atoms with Crippen molar-refractivity contribution >= 4 is 0 Å². The predicted octanol–water partition coefficient (Wildman–Crippen LogP) is 2.90. The molecule has 0 aliphatic heterocycles. The van der Waals surface area contributed by atoms with Crippen LogP contribution in [0, 0.1) is 6.42 Å². The molecule has 0 fully saturated rings. The van der Waals surface area contributed by atoms with Gasteiger partial charge in [-0.05, 0) is 13.8 Å². The fraction of sp³-hybridized carbons (Fsp3) is 0.222. The van der Waals surface area contributed by atoms with Crippen molar-refractivity contribution in [3.8, 4) is 0 Å². The molecule has 0 N–H and O–H groups in total. The highest BCUT2D eigenvalue weighted by molar-refractivity contribution is 5.24. The highest BCUT2D eigenvalue weighted by atomic mass is 13.9. The standard InChI is InChI=1S/C9H13/c1-5-9(4)7-6-8(2)3/h5-7H,1-2H2,3-4H3/b9-7-. The van der Waals surface area contributed by atoms with Gasteiger partial charge in [-0.25, -0.2) is 0 Å². The molecule has 0 aromatic rings. The molecule has 0 heterocycles. The average Bonchev–Trinajstić information content (AvgIpc) is 1.83. The molecule has 0 atom stereocenters. The fourth-order valence-electron chi connectivity index (χ4n) is 0.342. The molecule has 0 aromatic carbocycles. The molecule has 0 aliphatic carbocycles. The summed E-state index contributed by atoms with van der Waals surface area (Å²) >= 11 is 0. The highest BCUT2D eigenvalue weighted by Gasteiger charge is 1.81. The van der Waals surface area contributed by atoms with E-state index in [1.165, 1.54) is 0 Å². The van der Waals surface area contributed by atoms with E-state index < -0.39 is 0 Å². The van der Waals surface area contributed by atoms with Crippen molar-refractivity contribution in [3.05, 3.63) is 42.9 Å². The molecule has 0 rings (SSSR count). The van der Waals surface area contributed by atoms with Gasteiger partial charge in [0.05, 0.1) is 0 Å². The largest absolute Gasteiger partial charge is 0.0995 e. The second-order valence-electron chi connectivity index (χ2n) is 2.13. The zero-order chi connectivity index (χ0) is 7.28. The minimum absolute atomic E-state index is 1.07. The summed E-state index contributed by atoms with van der Waals surface area (Å²) < 4.78 is 0. The molecule has 0 spiro atoms. The van der Waals surface area contributed by atoms with Crippen LogP contribution >= 0.6 is 0 Å². The zero-order valence-electron chi connectivity index (χ0n) is 6.15. The molecule has 0 amide bonds. The third-order valence-corrected chi connectivity index (χ3v) is 0.953. The molecular weight excluding hydrogens is 108 g/mol. The van der Waals surface area contributed by atoms with Crippen LogP contribution in [0.5, 0.6) is 0 Å². The van der Waals surface area contributed by atoms with Gasteiger partial charge in [0.25, 0.3) is 0 Å². The second kappa shape index (κ2) is 4.13. The lowest BCUT2D eigenvalue weighted by Crippen LogP contribution is -1.71. The third-order valence-electron chi connectivity index (χ3n) is 0.953. The molecule has 1 radical (unpaired) electrons. The molecule has 0 aliphatic rings. The van der Waals surface area contributed by atoms with Crippen LogP contribution in [0.3, 0.4) is 0 Å². The number of hydrogen-bond acceptors (Lipinski definition) is 0. The second-order valence-corrected chi connectivity index (χ2v) is 2.13. The van der Waals surface area contributed by atoms with Gasteiger partial charge < -0.3 is 0 Å². The van der Waals surface area contributed by atoms with E-state index in [-0.39, 0.29) is 0 Å². The maximum absolute atomic E-state index is 3.73. The predicted molar refractivity (Wildman–Crippen MR) is 43.1 cm³/mol. The van der Waals surface area contributed by atoms with E-state index in [1.54, 1.807) is 0 Å². The Kier molecular flexibility index (Phi) is 3.78. The Morgan fingerprint density at radius 1 is 1.33 bits per heavy atom. The Morgan fingerprint density at radius 2 is 1.89 bits per heavy atom. The monoisotopic (exact) mass is 121 g/mol. The SMILES string of the molecule is C=C/C(C)=C\[CH]C(=C)C. The van der Waals surface area contributed by atoms with Crippen LogP contribution in [0.1, 0.15) is 13.8 Å². The quantitative estimate of drug-likeness (QED) is 0.503. The van der Waals surface area contributed by atoms with Crippen molar-refractivity contribution in [2.24, 2.45) is 0 Å². The normalized spacial score (nSPS) is 11.1. The van der Waals surface area contributed by atoms with Crippen LogP contribution in [0.15, 0.2) is 36.5 Å². The lowest BCUT2D eigenvalue weighted by atomic mass is 10.2. The lowest BCUT2D eigenvalue weighted by Gasteiger charge is -1.90. The van der Waals surface area contributed by atoms with Crippen LogP contribution in [-0.4, -0.2) is 0 Å². The average molecular weight is 121 g/mol. The van der Waals surface area contributed by atoms with Gasteiger partial charge in [0.2, 0.25) is 0 Å². The summed E-state index contributed by atoms with van der Waals surface area (Å²) in [5, 5.41) is 0. The van der Waals surface area contributed by atoms with Crippen molar-refractivity contribution in [1.29, 1.82) is 0 Å². The van der Waals surface area contributed by atoms with Gasteiger partial charge in [-0.3, -0.25) is 0 Å². The Balaban J connectivity index is 3.69. The van der Waals surface area contributed by atoms with E-state index in [1.807, 2.05) is 32.4 Å². The summed E-state index contributed by atoms with van der Waals surface area (Å²) in [6.45, 7) is 11.3. The maximum atomic E-state index is 3.73. The summed E-state index contributed by atoms with van der Waals surface area (Å²) in [6.07, 6.45) is 5.78. The minimum Gasteiger partial charge on any atom is -0.0995 e. The van der Waals surface area contributed by atoms with Crippen LogP contribution in [-0.2, 0) is 0 Å². The first-order valence-corrected chi connectivity index (χ1v) is 2.96. The van der Waals surface area contributed by atoms with Crippen molar-refractivity contribution in [2.45, 2.75) is 13.8 Å². The summed E-state index contributed by atoms with van der Waals surface area (Å²) in [5.41, 5.74) is 2.23. The number of hydrogen-bond donors (Lipinski definition) is 0. The van der Waals surface area contributed by atoms with Crippen LogP contribution in [0.4, 0.5) is 0 Å². The van der Waals surface area contributed by atoms with E-state index >= 15 is 0 Å². The third kappa shape index (κ3) is 5.09. The smallest absolute Gasteiger partial charge is 0.00772 e. The first-order valence-electron chi connectivity index (χ1n) is 2.96. The van der Waals surface area contributed by atoms with E-state index in [4.69, 9.17) is 0 Å². The van der Waals surface area contributed by atoms with Gasteiger partial charge in [0.1, 0.15) is 0 Å². The van der Waals surface area contributed by atoms with E-state index in [0.29, 0.717) is 0 Å². The van der Waals surface area contributed by atoms with E-state index in [0.717, 1.165) is 11.1 Å². The Hall–Kier alpha value is -0.780. The van der Waals surface area contributed by atoms with E-state index in [2.05, 4.69) is 13.2 Å². The summed E-state index contributed by atoms with van der Waals surface area (Å²) in [6, 6.07) is 0. The Morgan fingerprint density at radius 3 is 2.22 bits per heavy atom. The molecule has 0 saturated heterocycles. The first-order chi connectivity index (χ1) is 4.16. The number of allylic oxidation sites excluding steroid dienone is 4. The zero-order valence-corrected chi connectivity index (χ0v) is 6.15. The summed E-state index contributed by atoms with van der Waals surface area (Å²) in [4.78, 5) is 0. The van der Waals surface area contributed by atoms with Crippen molar-refractivity contribution < 1.29 is 0 Å². The molecular formula is C9H13. The topological polar surface area (TPSA) is 0 Å². The molecule has 0 heteroatoms.